The van der Waals surface area contributed by atoms with E-state index < -0.39 is 4.92 Å². The number of nitrogens with zero attached hydrogens (tertiary/aromatic N) is 1. The van der Waals surface area contributed by atoms with E-state index in [1.165, 1.54) is 19.1 Å². The lowest BCUT2D eigenvalue weighted by atomic mass is 10.2. The molecule has 0 aliphatic carbocycles. The van der Waals surface area contributed by atoms with E-state index in [2.05, 4.69) is 20.7 Å². The van der Waals surface area contributed by atoms with Crippen molar-refractivity contribution in [3.63, 3.8) is 0 Å². The Morgan fingerprint density at radius 3 is 2.71 bits per heavy atom. The Morgan fingerprint density at radius 1 is 1.57 bits per heavy atom. The number of benzene rings is 1. The predicted octanol–water partition coefficient (Wildman–Crippen LogP) is 2.20. The van der Waals surface area contributed by atoms with Gasteiger partial charge in [-0.05, 0) is 13.0 Å². The average molecular weight is 260 g/mol. The Hall–Kier alpha value is -1.43. The van der Waals surface area contributed by atoms with Crippen molar-refractivity contribution in [1.82, 2.24) is 0 Å². The number of hydrogen-bond acceptors (Lipinski definition) is 4. The zero-order valence-corrected chi connectivity index (χ0v) is 8.78. The number of nitro benzene ring substituents is 1. The molecular formula is C8H6BrNO4. The lowest BCUT2D eigenvalue weighted by molar-refractivity contribution is -0.385. The summed E-state index contributed by atoms with van der Waals surface area (Å²) in [5, 5.41) is 10.6. The Balaban J connectivity index is 3.31. The van der Waals surface area contributed by atoms with Crippen LogP contribution in [0.1, 0.15) is 5.56 Å². The molecule has 1 rings (SSSR count). The van der Waals surface area contributed by atoms with Gasteiger partial charge in [-0.25, -0.2) is 0 Å². The lowest BCUT2D eigenvalue weighted by Crippen LogP contribution is -1.97. The topological polar surface area (TPSA) is 69.4 Å². The van der Waals surface area contributed by atoms with Gasteiger partial charge in [0.2, 0.25) is 0 Å². The van der Waals surface area contributed by atoms with E-state index in [4.69, 9.17) is 0 Å². The maximum Gasteiger partial charge on any atom is 0.298 e. The van der Waals surface area contributed by atoms with E-state index in [0.29, 0.717) is 10.0 Å². The first kappa shape index (κ1) is 10.6. The third-order valence-electron chi connectivity index (χ3n) is 1.67. The number of halogens is 1. The summed E-state index contributed by atoms with van der Waals surface area (Å²) >= 11 is 3.09. The Bertz CT molecular complexity index is 391. The Kier molecular flexibility index (Phi) is 3.19. The summed E-state index contributed by atoms with van der Waals surface area (Å²) in [5.74, 6) is 0.182. The van der Waals surface area contributed by atoms with Crippen LogP contribution in [0.3, 0.4) is 0 Å². The van der Waals surface area contributed by atoms with Crippen LogP contribution in [0.2, 0.25) is 0 Å². The SMILES string of the molecule is Cc1c(OC=O)cc(Br)cc1[N+](=O)[O-]. The van der Waals surface area contributed by atoms with Crippen LogP contribution in [0.25, 0.3) is 0 Å². The number of nitro groups is 1. The van der Waals surface area contributed by atoms with Crippen molar-refractivity contribution in [2.24, 2.45) is 0 Å². The molecule has 0 fully saturated rings. The van der Waals surface area contributed by atoms with Crippen LogP contribution in [-0.4, -0.2) is 11.4 Å². The molecule has 0 unspecified atom stereocenters. The molecule has 0 heterocycles. The molecule has 0 amide bonds. The van der Waals surface area contributed by atoms with E-state index in [-0.39, 0.29) is 17.9 Å². The second-order valence-corrected chi connectivity index (χ2v) is 3.43. The number of carbonyl (C=O) groups is 1. The van der Waals surface area contributed by atoms with Gasteiger partial charge < -0.3 is 4.74 Å². The monoisotopic (exact) mass is 259 g/mol. The molecule has 14 heavy (non-hydrogen) atoms. The van der Waals surface area contributed by atoms with Crippen LogP contribution in [0, 0.1) is 17.0 Å². The highest BCUT2D eigenvalue weighted by Gasteiger charge is 2.16. The van der Waals surface area contributed by atoms with Crippen molar-refractivity contribution < 1.29 is 14.5 Å². The molecule has 0 saturated heterocycles. The molecule has 1 aromatic rings. The Labute approximate surface area is 88.0 Å². The molecule has 0 aliphatic rings. The van der Waals surface area contributed by atoms with Gasteiger partial charge in [0.25, 0.3) is 12.2 Å². The summed E-state index contributed by atoms with van der Waals surface area (Å²) in [7, 11) is 0. The highest BCUT2D eigenvalue weighted by Crippen LogP contribution is 2.31. The van der Waals surface area contributed by atoms with Gasteiger partial charge in [-0.1, -0.05) is 15.9 Å². The van der Waals surface area contributed by atoms with Crippen LogP contribution in [0.5, 0.6) is 5.75 Å². The first-order valence-electron chi connectivity index (χ1n) is 3.61. The quantitative estimate of drug-likeness (QED) is 0.474. The van der Waals surface area contributed by atoms with Crippen molar-refractivity contribution in [2.75, 3.05) is 0 Å². The summed E-state index contributed by atoms with van der Waals surface area (Å²) in [6, 6.07) is 2.85. The number of ether oxygens (including phenoxy) is 1. The van der Waals surface area contributed by atoms with Crippen LogP contribution in [-0.2, 0) is 4.79 Å². The predicted molar refractivity (Wildman–Crippen MR) is 52.2 cm³/mol. The van der Waals surface area contributed by atoms with E-state index in [0.717, 1.165) is 0 Å². The molecular weight excluding hydrogens is 254 g/mol. The van der Waals surface area contributed by atoms with Crippen molar-refractivity contribution in [2.45, 2.75) is 6.92 Å². The van der Waals surface area contributed by atoms with Gasteiger partial charge >= 0.3 is 0 Å². The lowest BCUT2D eigenvalue weighted by Gasteiger charge is -2.03. The molecule has 0 saturated carbocycles. The average Bonchev–Trinajstić information content (AvgIpc) is 2.10. The maximum atomic E-state index is 10.6. The fourth-order valence-corrected chi connectivity index (χ4v) is 1.43. The normalized spacial score (nSPS) is 9.57. The van der Waals surface area contributed by atoms with Gasteiger partial charge in [-0.3, -0.25) is 14.9 Å². The zero-order chi connectivity index (χ0) is 10.7. The molecule has 0 N–H and O–H groups in total. The minimum Gasteiger partial charge on any atom is -0.428 e. The molecule has 0 spiro atoms. The third kappa shape index (κ3) is 2.08. The molecule has 0 radical (unpaired) electrons. The number of hydrogen-bond donors (Lipinski definition) is 0. The van der Waals surface area contributed by atoms with E-state index >= 15 is 0 Å². The van der Waals surface area contributed by atoms with Crippen molar-refractivity contribution in [1.29, 1.82) is 0 Å². The van der Waals surface area contributed by atoms with Crippen LogP contribution < -0.4 is 4.74 Å². The highest BCUT2D eigenvalue weighted by atomic mass is 79.9. The molecule has 0 aromatic heterocycles. The van der Waals surface area contributed by atoms with Gasteiger partial charge in [0, 0.05) is 10.5 Å². The smallest absolute Gasteiger partial charge is 0.298 e. The first-order valence-corrected chi connectivity index (χ1v) is 4.40. The van der Waals surface area contributed by atoms with Gasteiger partial charge in [0.15, 0.2) is 0 Å². The maximum absolute atomic E-state index is 10.6. The largest absolute Gasteiger partial charge is 0.428 e. The van der Waals surface area contributed by atoms with Crippen molar-refractivity contribution in [3.05, 3.63) is 32.3 Å². The summed E-state index contributed by atoms with van der Waals surface area (Å²) < 4.78 is 5.09. The third-order valence-corrected chi connectivity index (χ3v) is 2.13. The van der Waals surface area contributed by atoms with Crippen LogP contribution >= 0.6 is 15.9 Å². The molecule has 6 heteroatoms. The van der Waals surface area contributed by atoms with E-state index in [1.807, 2.05) is 0 Å². The molecule has 1 aromatic carbocycles. The minimum absolute atomic E-state index is 0.0868. The van der Waals surface area contributed by atoms with Crippen LogP contribution in [0.15, 0.2) is 16.6 Å². The van der Waals surface area contributed by atoms with Crippen molar-refractivity contribution >= 4 is 28.1 Å². The van der Waals surface area contributed by atoms with E-state index in [1.54, 1.807) is 0 Å². The molecule has 0 aliphatic heterocycles. The first-order chi connectivity index (χ1) is 6.56. The van der Waals surface area contributed by atoms with Crippen molar-refractivity contribution in [3.8, 4) is 5.75 Å². The molecule has 0 atom stereocenters. The molecule has 5 nitrogen and oxygen atoms in total. The summed E-state index contributed by atoms with van der Waals surface area (Å²) in [6.07, 6.45) is 0. The summed E-state index contributed by atoms with van der Waals surface area (Å²) in [5.41, 5.74) is 0.238. The second-order valence-electron chi connectivity index (χ2n) is 2.52. The fraction of sp³-hybridized carbons (Fsp3) is 0.125. The highest BCUT2D eigenvalue weighted by molar-refractivity contribution is 9.10. The van der Waals surface area contributed by atoms with Gasteiger partial charge in [-0.2, -0.15) is 0 Å². The second kappa shape index (κ2) is 4.19. The zero-order valence-electron chi connectivity index (χ0n) is 7.19. The number of carbonyl (C=O) groups excluding carboxylic acids is 1. The van der Waals surface area contributed by atoms with Gasteiger partial charge in [0.05, 0.1) is 10.5 Å². The summed E-state index contributed by atoms with van der Waals surface area (Å²) in [4.78, 5) is 20.2. The number of rotatable bonds is 3. The Morgan fingerprint density at radius 2 is 2.21 bits per heavy atom. The van der Waals surface area contributed by atoms with Gasteiger partial charge in [-0.15, -0.1) is 0 Å². The molecule has 0 bridgehead atoms. The van der Waals surface area contributed by atoms with E-state index in [9.17, 15) is 14.9 Å². The van der Waals surface area contributed by atoms with Gasteiger partial charge in [0.1, 0.15) is 5.75 Å². The minimum atomic E-state index is -0.530. The molecule has 74 valence electrons. The summed E-state index contributed by atoms with van der Waals surface area (Å²) in [6.45, 7) is 1.75. The standard InChI is InChI=1S/C8H6BrNO4/c1-5-7(10(12)13)2-6(9)3-8(5)14-4-11/h2-4H,1H3. The van der Waals surface area contributed by atoms with Crippen LogP contribution in [0.4, 0.5) is 5.69 Å². The fourth-order valence-electron chi connectivity index (χ4n) is 1.00.